The zero-order chi connectivity index (χ0) is 39.8. The third-order valence-corrected chi connectivity index (χ3v) is 11.3. The molecular formula is C56H37N3O. The van der Waals surface area contributed by atoms with E-state index in [9.17, 15) is 0 Å². The lowest BCUT2D eigenvalue weighted by Crippen LogP contribution is -2.09. The van der Waals surface area contributed by atoms with Gasteiger partial charge in [0, 0.05) is 44.5 Å². The van der Waals surface area contributed by atoms with Crippen molar-refractivity contribution < 1.29 is 4.42 Å². The SMILES string of the molecule is c1ccc(-c2cc(-c3ccccc3)nc(-c3ccc(-c4cc(-c5ccc(N(c6ccccc6)c6ccccc6)cc5)cc5oc6ccccc6c45)c4ccccc34)n2)cc1. The fraction of sp³-hybridized carbons (Fsp3) is 0. The molecule has 0 radical (unpaired) electrons. The van der Waals surface area contributed by atoms with E-state index in [2.05, 4.69) is 211 Å². The summed E-state index contributed by atoms with van der Waals surface area (Å²) in [5.41, 5.74) is 14.2. The van der Waals surface area contributed by atoms with E-state index in [-0.39, 0.29) is 0 Å². The molecule has 2 heterocycles. The minimum Gasteiger partial charge on any atom is -0.456 e. The van der Waals surface area contributed by atoms with E-state index in [0.29, 0.717) is 5.82 Å². The van der Waals surface area contributed by atoms with Crippen LogP contribution in [0.5, 0.6) is 0 Å². The fourth-order valence-electron chi connectivity index (χ4n) is 8.45. The Morgan fingerprint density at radius 3 is 1.40 bits per heavy atom. The van der Waals surface area contributed by atoms with E-state index in [1.807, 2.05) is 18.2 Å². The summed E-state index contributed by atoms with van der Waals surface area (Å²) in [6, 6.07) is 78.5. The molecule has 4 nitrogen and oxygen atoms in total. The number of para-hydroxylation sites is 3. The third kappa shape index (κ3) is 6.37. The number of fused-ring (bicyclic) bond motifs is 4. The van der Waals surface area contributed by atoms with Gasteiger partial charge in [-0.05, 0) is 99.8 Å². The maximum Gasteiger partial charge on any atom is 0.161 e. The van der Waals surface area contributed by atoms with Crippen LogP contribution in [-0.2, 0) is 0 Å². The Labute approximate surface area is 348 Å². The Morgan fingerprint density at radius 2 is 0.800 bits per heavy atom. The van der Waals surface area contributed by atoms with Crippen LogP contribution in [0, 0.1) is 0 Å². The minimum atomic E-state index is 0.686. The quantitative estimate of drug-likeness (QED) is 0.154. The lowest BCUT2D eigenvalue weighted by Gasteiger charge is -2.25. The molecule has 0 aliphatic carbocycles. The Kier molecular flexibility index (Phi) is 8.79. The summed E-state index contributed by atoms with van der Waals surface area (Å²) < 4.78 is 6.64. The molecule has 0 saturated heterocycles. The van der Waals surface area contributed by atoms with E-state index in [0.717, 1.165) is 100 Å². The van der Waals surface area contributed by atoms with E-state index < -0.39 is 0 Å². The van der Waals surface area contributed by atoms with Gasteiger partial charge in [-0.2, -0.15) is 0 Å². The monoisotopic (exact) mass is 767 g/mol. The summed E-state index contributed by atoms with van der Waals surface area (Å²) in [5, 5.41) is 4.38. The topological polar surface area (TPSA) is 42.2 Å². The number of furan rings is 1. The van der Waals surface area contributed by atoms with Gasteiger partial charge in [0.1, 0.15) is 11.2 Å². The number of aromatic nitrogens is 2. The highest BCUT2D eigenvalue weighted by molar-refractivity contribution is 6.17. The first-order chi connectivity index (χ1) is 29.7. The molecule has 0 unspecified atom stereocenters. The van der Waals surface area contributed by atoms with E-state index in [4.69, 9.17) is 14.4 Å². The lowest BCUT2D eigenvalue weighted by atomic mass is 9.90. The predicted octanol–water partition coefficient (Wildman–Crippen LogP) is 15.3. The molecule has 282 valence electrons. The van der Waals surface area contributed by atoms with Gasteiger partial charge in [0.15, 0.2) is 5.82 Å². The molecule has 0 aliphatic rings. The van der Waals surface area contributed by atoms with Crippen LogP contribution in [-0.4, -0.2) is 9.97 Å². The third-order valence-electron chi connectivity index (χ3n) is 11.3. The standard InChI is InChI=1S/C56H37N3O/c1-5-17-39(18-6-1)51-37-52(40-19-7-2-8-20-40)58-56(57-51)48-34-33-47(45-25-13-14-26-46(45)48)50-35-41(36-54-55(50)49-27-15-16-28-53(49)60-54)38-29-31-44(32-30-38)59(42-21-9-3-10-22-42)43-23-11-4-12-24-43/h1-37H. The Balaban J connectivity index is 1.08. The Hall–Kier alpha value is -8.08. The molecule has 0 bridgehead atoms. The van der Waals surface area contributed by atoms with Crippen LogP contribution in [0.15, 0.2) is 229 Å². The van der Waals surface area contributed by atoms with Crippen LogP contribution in [0.4, 0.5) is 17.1 Å². The van der Waals surface area contributed by atoms with E-state index in [1.54, 1.807) is 0 Å². The molecule has 0 spiro atoms. The number of rotatable bonds is 8. The summed E-state index contributed by atoms with van der Waals surface area (Å²) in [6.07, 6.45) is 0. The highest BCUT2D eigenvalue weighted by Gasteiger charge is 2.20. The van der Waals surface area contributed by atoms with Crippen molar-refractivity contribution in [3.05, 3.63) is 224 Å². The smallest absolute Gasteiger partial charge is 0.161 e. The number of anilines is 3. The molecule has 60 heavy (non-hydrogen) atoms. The van der Waals surface area contributed by atoms with Crippen LogP contribution in [0.1, 0.15) is 0 Å². The zero-order valence-corrected chi connectivity index (χ0v) is 32.6. The van der Waals surface area contributed by atoms with Crippen molar-refractivity contribution >= 4 is 49.8 Å². The van der Waals surface area contributed by atoms with Gasteiger partial charge in [0.25, 0.3) is 0 Å². The van der Waals surface area contributed by atoms with Crippen LogP contribution < -0.4 is 4.90 Å². The van der Waals surface area contributed by atoms with Gasteiger partial charge in [-0.1, -0.05) is 158 Å². The zero-order valence-electron chi connectivity index (χ0n) is 32.6. The number of benzene rings is 9. The van der Waals surface area contributed by atoms with Crippen molar-refractivity contribution in [2.45, 2.75) is 0 Å². The van der Waals surface area contributed by atoms with Gasteiger partial charge in [-0.25, -0.2) is 9.97 Å². The van der Waals surface area contributed by atoms with Crippen LogP contribution in [0.3, 0.4) is 0 Å². The van der Waals surface area contributed by atoms with Crippen molar-refractivity contribution in [1.29, 1.82) is 0 Å². The normalized spacial score (nSPS) is 11.3. The average molecular weight is 768 g/mol. The first kappa shape index (κ1) is 35.1. The molecule has 9 aromatic carbocycles. The number of hydrogen-bond acceptors (Lipinski definition) is 4. The number of nitrogens with zero attached hydrogens (tertiary/aromatic N) is 3. The van der Waals surface area contributed by atoms with Crippen molar-refractivity contribution in [1.82, 2.24) is 9.97 Å². The minimum absolute atomic E-state index is 0.686. The second-order valence-corrected chi connectivity index (χ2v) is 14.9. The highest BCUT2D eigenvalue weighted by Crippen LogP contribution is 2.44. The molecule has 2 aromatic heterocycles. The predicted molar refractivity (Wildman–Crippen MR) is 249 cm³/mol. The van der Waals surface area contributed by atoms with Crippen molar-refractivity contribution in [2.24, 2.45) is 0 Å². The maximum atomic E-state index is 6.64. The van der Waals surface area contributed by atoms with Crippen LogP contribution in [0.2, 0.25) is 0 Å². The largest absolute Gasteiger partial charge is 0.456 e. The Bertz CT molecular complexity index is 3190. The summed E-state index contributed by atoms with van der Waals surface area (Å²) >= 11 is 0. The van der Waals surface area contributed by atoms with Crippen molar-refractivity contribution in [2.75, 3.05) is 4.90 Å². The van der Waals surface area contributed by atoms with Crippen molar-refractivity contribution in [3.63, 3.8) is 0 Å². The van der Waals surface area contributed by atoms with Crippen LogP contribution in [0.25, 0.3) is 88.9 Å². The van der Waals surface area contributed by atoms with Gasteiger partial charge >= 0.3 is 0 Å². The molecule has 11 aromatic rings. The summed E-state index contributed by atoms with van der Waals surface area (Å²) in [4.78, 5) is 12.7. The molecule has 0 aliphatic heterocycles. The second kappa shape index (κ2) is 15.0. The Morgan fingerprint density at radius 1 is 0.317 bits per heavy atom. The first-order valence-electron chi connectivity index (χ1n) is 20.2. The van der Waals surface area contributed by atoms with Gasteiger partial charge in [0.2, 0.25) is 0 Å². The molecule has 4 heteroatoms. The van der Waals surface area contributed by atoms with Crippen molar-refractivity contribution in [3.8, 4) is 56.2 Å². The first-order valence-corrected chi connectivity index (χ1v) is 20.2. The van der Waals surface area contributed by atoms with Gasteiger partial charge in [-0.15, -0.1) is 0 Å². The molecule has 0 saturated carbocycles. The summed E-state index contributed by atoms with van der Waals surface area (Å²) in [6.45, 7) is 0. The number of hydrogen-bond donors (Lipinski definition) is 0. The second-order valence-electron chi connectivity index (χ2n) is 14.9. The molecular weight excluding hydrogens is 731 g/mol. The average Bonchev–Trinajstić information content (AvgIpc) is 3.71. The summed E-state index contributed by atoms with van der Waals surface area (Å²) in [7, 11) is 0. The van der Waals surface area contributed by atoms with Crippen LogP contribution >= 0.6 is 0 Å². The van der Waals surface area contributed by atoms with Gasteiger partial charge in [-0.3, -0.25) is 0 Å². The van der Waals surface area contributed by atoms with E-state index in [1.165, 1.54) is 0 Å². The van der Waals surface area contributed by atoms with Gasteiger partial charge in [0.05, 0.1) is 11.4 Å². The van der Waals surface area contributed by atoms with Gasteiger partial charge < -0.3 is 9.32 Å². The summed E-state index contributed by atoms with van der Waals surface area (Å²) in [5.74, 6) is 0.686. The highest BCUT2D eigenvalue weighted by atomic mass is 16.3. The maximum absolute atomic E-state index is 6.64. The molecule has 0 atom stereocenters. The molecule has 0 N–H and O–H groups in total. The molecule has 11 rings (SSSR count). The fourth-order valence-corrected chi connectivity index (χ4v) is 8.45. The molecule has 0 amide bonds. The molecule has 0 fully saturated rings. The lowest BCUT2D eigenvalue weighted by molar-refractivity contribution is 0.669. The van der Waals surface area contributed by atoms with E-state index >= 15 is 0 Å².